The van der Waals surface area contributed by atoms with Gasteiger partial charge in [-0.3, -0.25) is 10.1 Å². The number of benzene rings is 1. The number of nitro benzene ring substituents is 1. The van der Waals surface area contributed by atoms with E-state index >= 15 is 0 Å². The highest BCUT2D eigenvalue weighted by molar-refractivity contribution is 6.33. The van der Waals surface area contributed by atoms with Crippen LogP contribution in [0.4, 0.5) is 15.8 Å². The molecule has 2 rings (SSSR count). The highest BCUT2D eigenvalue weighted by atomic mass is 35.5. The summed E-state index contributed by atoms with van der Waals surface area (Å²) in [5.41, 5.74) is -0.0542. The first-order chi connectivity index (χ1) is 9.02. The molecule has 1 aliphatic rings. The molecular formula is C12H15ClFN3O2. The van der Waals surface area contributed by atoms with Gasteiger partial charge < -0.3 is 9.80 Å². The summed E-state index contributed by atoms with van der Waals surface area (Å²) < 4.78 is 14.0. The van der Waals surface area contributed by atoms with Crippen molar-refractivity contribution < 1.29 is 9.31 Å². The van der Waals surface area contributed by atoms with Crippen molar-refractivity contribution in [2.75, 3.05) is 37.6 Å². The monoisotopic (exact) mass is 287 g/mol. The van der Waals surface area contributed by atoms with Crippen LogP contribution >= 0.6 is 11.6 Å². The normalized spacial score (nSPS) is 16.7. The van der Waals surface area contributed by atoms with E-state index < -0.39 is 10.7 Å². The molecule has 104 valence electrons. The molecule has 1 aliphatic heterocycles. The second kappa shape index (κ2) is 5.71. The quantitative estimate of drug-likeness (QED) is 0.633. The van der Waals surface area contributed by atoms with Crippen molar-refractivity contribution in [2.45, 2.75) is 6.92 Å². The molecule has 0 atom stereocenters. The number of halogens is 2. The van der Waals surface area contributed by atoms with Crippen LogP contribution in [0, 0.1) is 15.9 Å². The van der Waals surface area contributed by atoms with Gasteiger partial charge in [0.1, 0.15) is 0 Å². The molecule has 1 aromatic rings. The van der Waals surface area contributed by atoms with Gasteiger partial charge >= 0.3 is 0 Å². The lowest BCUT2D eigenvalue weighted by atomic mass is 10.2. The summed E-state index contributed by atoms with van der Waals surface area (Å²) in [6.07, 6.45) is 0. The zero-order valence-corrected chi connectivity index (χ0v) is 11.4. The standard InChI is InChI=1S/C12H15ClFN3O2/c1-2-15-3-5-16(6-4-15)12-10(13)7-9(17(18)19)8-11(12)14/h7-8H,2-6H2,1H3. The van der Waals surface area contributed by atoms with E-state index in [0.717, 1.165) is 25.7 Å². The zero-order chi connectivity index (χ0) is 14.0. The molecule has 0 aromatic heterocycles. The van der Waals surface area contributed by atoms with Gasteiger partial charge in [-0.05, 0) is 6.54 Å². The second-order valence-corrected chi connectivity index (χ2v) is 4.84. The first-order valence-electron chi connectivity index (χ1n) is 6.13. The van der Waals surface area contributed by atoms with E-state index in [9.17, 15) is 14.5 Å². The maximum Gasteiger partial charge on any atom is 0.274 e. The van der Waals surface area contributed by atoms with Crippen LogP contribution in [0.1, 0.15) is 6.92 Å². The Morgan fingerprint density at radius 2 is 2.00 bits per heavy atom. The number of rotatable bonds is 3. The van der Waals surface area contributed by atoms with E-state index in [-0.39, 0.29) is 16.4 Å². The second-order valence-electron chi connectivity index (χ2n) is 4.44. The Morgan fingerprint density at radius 3 is 2.47 bits per heavy atom. The van der Waals surface area contributed by atoms with Crippen LogP contribution < -0.4 is 4.90 Å². The first-order valence-corrected chi connectivity index (χ1v) is 6.51. The van der Waals surface area contributed by atoms with Crippen molar-refractivity contribution in [3.63, 3.8) is 0 Å². The summed E-state index contributed by atoms with van der Waals surface area (Å²) in [6, 6.07) is 2.12. The molecule has 0 spiro atoms. The lowest BCUT2D eigenvalue weighted by Crippen LogP contribution is -2.46. The number of hydrogen-bond donors (Lipinski definition) is 0. The van der Waals surface area contributed by atoms with Gasteiger partial charge in [0.05, 0.1) is 21.7 Å². The van der Waals surface area contributed by atoms with E-state index in [1.807, 2.05) is 4.90 Å². The molecule has 1 heterocycles. The molecule has 7 heteroatoms. The van der Waals surface area contributed by atoms with Gasteiger partial charge in [-0.25, -0.2) is 4.39 Å². The predicted octanol–water partition coefficient (Wildman–Crippen LogP) is 2.53. The fourth-order valence-electron chi connectivity index (χ4n) is 2.25. The number of piperazine rings is 1. The van der Waals surface area contributed by atoms with Gasteiger partial charge in [-0.2, -0.15) is 0 Å². The largest absolute Gasteiger partial charge is 0.365 e. The summed E-state index contributed by atoms with van der Waals surface area (Å²) in [5.74, 6) is -0.635. The molecule has 1 aromatic carbocycles. The van der Waals surface area contributed by atoms with Crippen LogP contribution in [0.3, 0.4) is 0 Å². The average molecular weight is 288 g/mol. The summed E-state index contributed by atoms with van der Waals surface area (Å²) in [7, 11) is 0. The molecule has 0 N–H and O–H groups in total. The van der Waals surface area contributed by atoms with Gasteiger partial charge in [-0.1, -0.05) is 18.5 Å². The average Bonchev–Trinajstić information content (AvgIpc) is 2.38. The maximum atomic E-state index is 14.0. The van der Waals surface area contributed by atoms with Crippen molar-refractivity contribution in [3.8, 4) is 0 Å². The summed E-state index contributed by atoms with van der Waals surface area (Å²) in [5, 5.41) is 10.7. The number of anilines is 1. The van der Waals surface area contributed by atoms with Crippen LogP contribution in [-0.4, -0.2) is 42.5 Å². The summed E-state index contributed by atoms with van der Waals surface area (Å²) in [4.78, 5) is 14.1. The number of non-ortho nitro benzene ring substituents is 1. The van der Waals surface area contributed by atoms with Gasteiger partial charge in [0.25, 0.3) is 5.69 Å². The SMILES string of the molecule is CCN1CCN(c2c(F)cc([N+](=O)[O-])cc2Cl)CC1. The minimum Gasteiger partial charge on any atom is -0.365 e. The minimum absolute atomic E-state index is 0.0941. The molecule has 0 bridgehead atoms. The molecule has 5 nitrogen and oxygen atoms in total. The highest BCUT2D eigenvalue weighted by Crippen LogP contribution is 2.33. The van der Waals surface area contributed by atoms with Crippen LogP contribution in [0.2, 0.25) is 5.02 Å². The number of likely N-dealkylation sites (N-methyl/N-ethyl adjacent to an activating group) is 1. The Bertz CT molecular complexity index is 467. The lowest BCUT2D eigenvalue weighted by molar-refractivity contribution is -0.385. The van der Waals surface area contributed by atoms with Crippen LogP contribution in [0.15, 0.2) is 12.1 Å². The van der Waals surface area contributed by atoms with Crippen LogP contribution in [0.25, 0.3) is 0 Å². The molecule has 19 heavy (non-hydrogen) atoms. The maximum absolute atomic E-state index is 14.0. The Morgan fingerprint density at radius 1 is 1.37 bits per heavy atom. The van der Waals surface area contributed by atoms with Gasteiger partial charge in [0.15, 0.2) is 5.82 Å². The molecule has 0 unspecified atom stereocenters. The third kappa shape index (κ3) is 2.96. The van der Waals surface area contributed by atoms with Crippen molar-refractivity contribution in [3.05, 3.63) is 33.1 Å². The number of hydrogen-bond acceptors (Lipinski definition) is 4. The Labute approximate surface area is 115 Å². The molecule has 1 saturated heterocycles. The first kappa shape index (κ1) is 14.0. The summed E-state index contributed by atoms with van der Waals surface area (Å²) in [6.45, 7) is 6.05. The van der Waals surface area contributed by atoms with Crippen LogP contribution in [0.5, 0.6) is 0 Å². The van der Waals surface area contributed by atoms with Gasteiger partial charge in [0, 0.05) is 32.2 Å². The van der Waals surface area contributed by atoms with Crippen molar-refractivity contribution in [1.29, 1.82) is 0 Å². The minimum atomic E-state index is -0.645. The third-order valence-electron chi connectivity index (χ3n) is 3.35. The van der Waals surface area contributed by atoms with Gasteiger partial charge in [0.2, 0.25) is 0 Å². The molecule has 1 fully saturated rings. The number of nitro groups is 1. The summed E-state index contributed by atoms with van der Waals surface area (Å²) >= 11 is 5.98. The highest BCUT2D eigenvalue weighted by Gasteiger charge is 2.23. The van der Waals surface area contributed by atoms with E-state index in [1.54, 1.807) is 0 Å². The van der Waals surface area contributed by atoms with Crippen molar-refractivity contribution in [2.24, 2.45) is 0 Å². The van der Waals surface area contributed by atoms with E-state index in [0.29, 0.717) is 13.1 Å². The topological polar surface area (TPSA) is 49.6 Å². The molecule has 0 amide bonds. The molecule has 0 aliphatic carbocycles. The molecule has 0 radical (unpaired) electrons. The zero-order valence-electron chi connectivity index (χ0n) is 10.6. The fourth-order valence-corrected chi connectivity index (χ4v) is 2.57. The van der Waals surface area contributed by atoms with E-state index in [2.05, 4.69) is 11.8 Å². The lowest BCUT2D eigenvalue weighted by Gasteiger charge is -2.35. The van der Waals surface area contributed by atoms with Crippen LogP contribution in [-0.2, 0) is 0 Å². The van der Waals surface area contributed by atoms with Crippen molar-refractivity contribution >= 4 is 23.0 Å². The third-order valence-corrected chi connectivity index (χ3v) is 3.64. The molecular weight excluding hydrogens is 273 g/mol. The number of nitrogens with zero attached hydrogens (tertiary/aromatic N) is 3. The fraction of sp³-hybridized carbons (Fsp3) is 0.500. The molecule has 0 saturated carbocycles. The van der Waals surface area contributed by atoms with Crippen molar-refractivity contribution in [1.82, 2.24) is 4.90 Å². The Hall–Kier alpha value is -1.40. The smallest absolute Gasteiger partial charge is 0.274 e. The van der Waals surface area contributed by atoms with E-state index in [4.69, 9.17) is 11.6 Å². The Balaban J connectivity index is 2.24. The van der Waals surface area contributed by atoms with Gasteiger partial charge in [-0.15, -0.1) is 0 Å². The predicted molar refractivity (Wildman–Crippen MR) is 72.4 cm³/mol. The van der Waals surface area contributed by atoms with E-state index in [1.165, 1.54) is 6.07 Å². The Kier molecular flexibility index (Phi) is 4.21.